The van der Waals surface area contributed by atoms with Crippen molar-refractivity contribution in [3.63, 3.8) is 0 Å². The van der Waals surface area contributed by atoms with Gasteiger partial charge >= 0.3 is 0 Å². The fraction of sp³-hybridized carbons (Fsp3) is 0.588. The van der Waals surface area contributed by atoms with Gasteiger partial charge in [-0.05, 0) is 49.8 Å². The van der Waals surface area contributed by atoms with Gasteiger partial charge in [0.2, 0.25) is 10.0 Å². The monoisotopic (exact) mass is 372 g/mol. The van der Waals surface area contributed by atoms with Crippen molar-refractivity contribution >= 4 is 27.5 Å². The third-order valence-corrected chi connectivity index (χ3v) is 6.35. The van der Waals surface area contributed by atoms with E-state index in [9.17, 15) is 13.2 Å². The first-order valence-corrected chi connectivity index (χ1v) is 10.2. The molecule has 1 aliphatic heterocycles. The molecule has 1 aliphatic rings. The van der Waals surface area contributed by atoms with Crippen LogP contribution in [0.25, 0.3) is 0 Å². The highest BCUT2D eigenvalue weighted by atomic mass is 35.5. The number of amides is 1. The van der Waals surface area contributed by atoms with E-state index >= 15 is 0 Å². The second-order valence-electron chi connectivity index (χ2n) is 6.54. The normalized spacial score (nSPS) is 15.8. The van der Waals surface area contributed by atoms with Crippen LogP contribution in [0.4, 0.5) is 0 Å². The molecule has 1 aromatic rings. The van der Waals surface area contributed by atoms with Crippen molar-refractivity contribution < 1.29 is 13.2 Å². The predicted octanol–water partition coefficient (Wildman–Crippen LogP) is 3.29. The molecule has 0 atom stereocenters. The molecule has 24 heavy (non-hydrogen) atoms. The van der Waals surface area contributed by atoms with E-state index in [0.29, 0.717) is 25.6 Å². The van der Waals surface area contributed by atoms with Gasteiger partial charge in [-0.1, -0.05) is 25.4 Å². The number of sulfonamides is 1. The third-order valence-electron chi connectivity index (χ3n) is 4.13. The van der Waals surface area contributed by atoms with Gasteiger partial charge in [-0.25, -0.2) is 8.42 Å². The summed E-state index contributed by atoms with van der Waals surface area (Å²) in [5.41, 5.74) is 0.210. The largest absolute Gasteiger partial charge is 0.352 e. The zero-order valence-corrected chi connectivity index (χ0v) is 15.8. The molecule has 1 fully saturated rings. The lowest BCUT2D eigenvalue weighted by molar-refractivity contribution is 0.0952. The number of hydrogen-bond acceptors (Lipinski definition) is 3. The molecule has 1 aromatic carbocycles. The third kappa shape index (κ3) is 4.71. The molecular formula is C17H25ClN2O3S. The molecule has 134 valence electrons. The Labute approximate surface area is 149 Å². The summed E-state index contributed by atoms with van der Waals surface area (Å²) >= 11 is 6.09. The first-order valence-electron chi connectivity index (χ1n) is 8.40. The minimum Gasteiger partial charge on any atom is -0.352 e. The molecule has 0 bridgehead atoms. The molecule has 5 nitrogen and oxygen atoms in total. The molecule has 1 heterocycles. The SMILES string of the molecule is CC(C)CCCNC(=O)c1cc(S(=O)(=O)N2CCCC2)ccc1Cl. The molecule has 0 aromatic heterocycles. The number of nitrogens with zero attached hydrogens (tertiary/aromatic N) is 1. The topological polar surface area (TPSA) is 66.5 Å². The molecular weight excluding hydrogens is 348 g/mol. The Bertz CT molecular complexity index is 683. The number of halogens is 1. The van der Waals surface area contributed by atoms with Crippen LogP contribution in [0.2, 0.25) is 5.02 Å². The highest BCUT2D eigenvalue weighted by Gasteiger charge is 2.28. The van der Waals surface area contributed by atoms with Crippen molar-refractivity contribution in [2.24, 2.45) is 5.92 Å². The van der Waals surface area contributed by atoms with E-state index in [0.717, 1.165) is 25.7 Å². The van der Waals surface area contributed by atoms with Crippen molar-refractivity contribution in [2.75, 3.05) is 19.6 Å². The molecule has 0 aliphatic carbocycles. The fourth-order valence-electron chi connectivity index (χ4n) is 2.72. The van der Waals surface area contributed by atoms with Crippen LogP contribution < -0.4 is 5.32 Å². The van der Waals surface area contributed by atoms with Gasteiger partial charge in [-0.15, -0.1) is 0 Å². The van der Waals surface area contributed by atoms with E-state index in [1.807, 2.05) is 0 Å². The Morgan fingerprint density at radius 3 is 2.58 bits per heavy atom. The number of carbonyl (C=O) groups excluding carboxylic acids is 1. The van der Waals surface area contributed by atoms with Gasteiger partial charge in [0.25, 0.3) is 5.91 Å². The average molecular weight is 373 g/mol. The van der Waals surface area contributed by atoms with Crippen LogP contribution in [0.3, 0.4) is 0 Å². The molecule has 1 saturated heterocycles. The molecule has 7 heteroatoms. The summed E-state index contributed by atoms with van der Waals surface area (Å²) in [7, 11) is -3.55. The highest BCUT2D eigenvalue weighted by Crippen LogP contribution is 2.25. The average Bonchev–Trinajstić information content (AvgIpc) is 3.06. The van der Waals surface area contributed by atoms with Crippen molar-refractivity contribution in [2.45, 2.75) is 44.4 Å². The maximum Gasteiger partial charge on any atom is 0.252 e. The Balaban J connectivity index is 2.12. The van der Waals surface area contributed by atoms with E-state index in [1.54, 1.807) is 0 Å². The quantitative estimate of drug-likeness (QED) is 0.747. The molecule has 1 amide bonds. The maximum absolute atomic E-state index is 12.6. The van der Waals surface area contributed by atoms with Crippen molar-refractivity contribution in [1.29, 1.82) is 0 Å². The first-order chi connectivity index (χ1) is 11.3. The molecule has 0 spiro atoms. The predicted molar refractivity (Wildman–Crippen MR) is 95.9 cm³/mol. The van der Waals surface area contributed by atoms with Crippen LogP contribution in [-0.4, -0.2) is 38.3 Å². The van der Waals surface area contributed by atoms with Crippen LogP contribution in [0.5, 0.6) is 0 Å². The number of hydrogen-bond donors (Lipinski definition) is 1. The van der Waals surface area contributed by atoms with Gasteiger partial charge in [-0.3, -0.25) is 4.79 Å². The molecule has 0 unspecified atom stereocenters. The minimum absolute atomic E-state index is 0.126. The second-order valence-corrected chi connectivity index (χ2v) is 8.89. The zero-order chi connectivity index (χ0) is 17.7. The number of rotatable bonds is 7. The van der Waals surface area contributed by atoms with Crippen LogP contribution >= 0.6 is 11.6 Å². The summed E-state index contributed by atoms with van der Waals surface area (Å²) in [5, 5.41) is 3.07. The van der Waals surface area contributed by atoms with Gasteiger partial charge in [0, 0.05) is 19.6 Å². The lowest BCUT2D eigenvalue weighted by atomic mass is 10.1. The van der Waals surface area contributed by atoms with Crippen LogP contribution in [-0.2, 0) is 10.0 Å². The Morgan fingerprint density at radius 2 is 1.96 bits per heavy atom. The van der Waals surface area contributed by atoms with E-state index in [-0.39, 0.29) is 21.4 Å². The van der Waals surface area contributed by atoms with Crippen LogP contribution in [0.15, 0.2) is 23.1 Å². The number of nitrogens with one attached hydrogen (secondary N) is 1. The van der Waals surface area contributed by atoms with Gasteiger partial charge < -0.3 is 5.32 Å². The van der Waals surface area contributed by atoms with Gasteiger partial charge in [0.05, 0.1) is 15.5 Å². The van der Waals surface area contributed by atoms with Crippen molar-refractivity contribution in [3.8, 4) is 0 Å². The second kappa shape index (κ2) is 8.32. The summed E-state index contributed by atoms with van der Waals surface area (Å²) in [6.07, 6.45) is 3.65. The van der Waals surface area contributed by atoms with E-state index in [4.69, 9.17) is 11.6 Å². The number of carbonyl (C=O) groups is 1. The summed E-state index contributed by atoms with van der Waals surface area (Å²) in [5.74, 6) is 0.252. The minimum atomic E-state index is -3.55. The van der Waals surface area contributed by atoms with Gasteiger partial charge in [0.15, 0.2) is 0 Å². The Kier molecular flexibility index (Phi) is 6.66. The van der Waals surface area contributed by atoms with Crippen molar-refractivity contribution in [1.82, 2.24) is 9.62 Å². The van der Waals surface area contributed by atoms with E-state index in [2.05, 4.69) is 19.2 Å². The van der Waals surface area contributed by atoms with Crippen molar-refractivity contribution in [3.05, 3.63) is 28.8 Å². The van der Waals surface area contributed by atoms with Crippen LogP contribution in [0.1, 0.15) is 49.9 Å². The molecule has 1 N–H and O–H groups in total. The summed E-state index contributed by atoms with van der Waals surface area (Å²) in [6, 6.07) is 4.33. The van der Waals surface area contributed by atoms with Crippen LogP contribution in [0, 0.1) is 5.92 Å². The smallest absolute Gasteiger partial charge is 0.252 e. The lowest BCUT2D eigenvalue weighted by Gasteiger charge is -2.16. The molecule has 0 radical (unpaired) electrons. The summed E-state index contributed by atoms with van der Waals surface area (Å²) < 4.78 is 26.7. The Hall–Kier alpha value is -1.11. The van der Waals surface area contributed by atoms with E-state index in [1.165, 1.54) is 22.5 Å². The zero-order valence-electron chi connectivity index (χ0n) is 14.2. The maximum atomic E-state index is 12.6. The summed E-state index contributed by atoms with van der Waals surface area (Å²) in [6.45, 7) is 5.87. The summed E-state index contributed by atoms with van der Waals surface area (Å²) in [4.78, 5) is 12.4. The lowest BCUT2D eigenvalue weighted by Crippen LogP contribution is -2.29. The van der Waals surface area contributed by atoms with E-state index < -0.39 is 10.0 Å². The highest BCUT2D eigenvalue weighted by molar-refractivity contribution is 7.89. The van der Waals surface area contributed by atoms with Gasteiger partial charge in [0.1, 0.15) is 0 Å². The fourth-order valence-corrected chi connectivity index (χ4v) is 4.47. The molecule has 0 saturated carbocycles. The standard InChI is InChI=1S/C17H25ClN2O3S/c1-13(2)6-5-9-19-17(21)15-12-14(7-8-16(15)18)24(22,23)20-10-3-4-11-20/h7-8,12-13H,3-6,9-11H2,1-2H3,(H,19,21). The van der Waals surface area contributed by atoms with Gasteiger partial charge in [-0.2, -0.15) is 4.31 Å². The Morgan fingerprint density at radius 1 is 1.29 bits per heavy atom. The molecule has 2 rings (SSSR count). The first kappa shape index (κ1) is 19.2. The number of benzene rings is 1.